The van der Waals surface area contributed by atoms with Crippen molar-refractivity contribution in [1.82, 2.24) is 0 Å². The number of halogens is 3. The molecule has 0 aliphatic carbocycles. The van der Waals surface area contributed by atoms with Gasteiger partial charge in [-0.25, -0.2) is 0 Å². The van der Waals surface area contributed by atoms with Gasteiger partial charge in [-0.15, -0.1) is 13.2 Å². The van der Waals surface area contributed by atoms with Gasteiger partial charge in [-0.3, -0.25) is 4.79 Å². The number of ether oxygens (including phenoxy) is 1. The van der Waals surface area contributed by atoms with E-state index < -0.39 is 6.36 Å². The zero-order valence-electron chi connectivity index (χ0n) is 13.6. The Kier molecular flexibility index (Phi) is 4.57. The summed E-state index contributed by atoms with van der Waals surface area (Å²) in [6.07, 6.45) is -4.71. The second-order valence-electron chi connectivity index (χ2n) is 5.84. The number of alkyl halides is 3. The minimum atomic E-state index is -4.71. The molecule has 0 saturated carbocycles. The van der Waals surface area contributed by atoms with Gasteiger partial charge in [-0.05, 0) is 43.3 Å². The third kappa shape index (κ3) is 4.23. The monoisotopic (exact) mass is 350 g/mol. The van der Waals surface area contributed by atoms with Gasteiger partial charge in [0.15, 0.2) is 0 Å². The van der Waals surface area contributed by atoms with E-state index in [1.165, 1.54) is 24.3 Å². The number of anilines is 2. The van der Waals surface area contributed by atoms with E-state index >= 15 is 0 Å². The zero-order chi connectivity index (χ0) is 18.0. The van der Waals surface area contributed by atoms with E-state index in [1.807, 2.05) is 36.1 Å². The summed E-state index contributed by atoms with van der Waals surface area (Å²) in [5.41, 5.74) is 2.66. The van der Waals surface area contributed by atoms with Crippen molar-refractivity contribution in [3.63, 3.8) is 0 Å². The van der Waals surface area contributed by atoms with Crippen molar-refractivity contribution in [2.24, 2.45) is 0 Å². The molecule has 0 spiro atoms. The van der Waals surface area contributed by atoms with E-state index in [0.717, 1.165) is 11.3 Å². The van der Waals surface area contributed by atoms with E-state index in [1.54, 1.807) is 4.90 Å². The Hall–Kier alpha value is -2.70. The Bertz CT molecular complexity index is 742. The van der Waals surface area contributed by atoms with Crippen LogP contribution in [0.5, 0.6) is 5.75 Å². The fourth-order valence-electron chi connectivity index (χ4n) is 2.75. The van der Waals surface area contributed by atoms with Crippen molar-refractivity contribution in [3.8, 4) is 5.75 Å². The number of benzene rings is 2. The highest BCUT2D eigenvalue weighted by Gasteiger charge is 2.31. The molecule has 1 fully saturated rings. The molecule has 0 unspecified atom stereocenters. The topological polar surface area (TPSA) is 32.8 Å². The van der Waals surface area contributed by atoms with Gasteiger partial charge in [0.25, 0.3) is 0 Å². The van der Waals surface area contributed by atoms with Crippen LogP contribution in [-0.2, 0) is 4.79 Å². The van der Waals surface area contributed by atoms with Crippen LogP contribution in [0.15, 0.2) is 48.5 Å². The van der Waals surface area contributed by atoms with Gasteiger partial charge in [0.2, 0.25) is 5.91 Å². The van der Waals surface area contributed by atoms with Crippen LogP contribution < -0.4 is 14.5 Å². The Morgan fingerprint density at radius 3 is 2.08 bits per heavy atom. The van der Waals surface area contributed by atoms with Gasteiger partial charge >= 0.3 is 6.36 Å². The number of amides is 1. The Labute approximate surface area is 143 Å². The molecule has 2 aromatic rings. The van der Waals surface area contributed by atoms with Crippen molar-refractivity contribution in [2.75, 3.05) is 29.4 Å². The molecule has 0 atom stereocenters. The average molecular weight is 350 g/mol. The van der Waals surface area contributed by atoms with Crippen LogP contribution in [0.25, 0.3) is 0 Å². The smallest absolute Gasteiger partial charge is 0.406 e. The maximum Gasteiger partial charge on any atom is 0.573 e. The first kappa shape index (κ1) is 17.1. The van der Waals surface area contributed by atoms with Crippen molar-refractivity contribution in [1.29, 1.82) is 0 Å². The first-order chi connectivity index (χ1) is 11.8. The number of carbonyl (C=O) groups excluding carboxylic acids is 1. The second kappa shape index (κ2) is 6.66. The van der Waals surface area contributed by atoms with E-state index in [0.29, 0.717) is 18.8 Å². The molecule has 1 heterocycles. The summed E-state index contributed by atoms with van der Waals surface area (Å²) in [5, 5.41) is 0. The molecular formula is C18H17F3N2O2. The first-order valence-electron chi connectivity index (χ1n) is 7.80. The molecule has 1 saturated heterocycles. The molecule has 0 aromatic heterocycles. The minimum Gasteiger partial charge on any atom is -0.406 e. The van der Waals surface area contributed by atoms with Crippen LogP contribution in [-0.4, -0.2) is 31.9 Å². The molecule has 0 radical (unpaired) electrons. The molecule has 1 aliphatic heterocycles. The second-order valence-corrected chi connectivity index (χ2v) is 5.84. The maximum absolute atomic E-state index is 12.4. The highest BCUT2D eigenvalue weighted by atomic mass is 19.4. The number of piperazine rings is 1. The van der Waals surface area contributed by atoms with Crippen LogP contribution in [0.2, 0.25) is 0 Å². The molecule has 2 aromatic carbocycles. The van der Waals surface area contributed by atoms with Crippen LogP contribution >= 0.6 is 0 Å². The van der Waals surface area contributed by atoms with E-state index in [9.17, 15) is 18.0 Å². The molecule has 1 aliphatic rings. The maximum atomic E-state index is 12.4. The van der Waals surface area contributed by atoms with E-state index in [-0.39, 0.29) is 18.2 Å². The average Bonchev–Trinajstić information content (AvgIpc) is 2.55. The predicted molar refractivity (Wildman–Crippen MR) is 88.9 cm³/mol. The third-order valence-corrected chi connectivity index (χ3v) is 4.00. The molecule has 3 rings (SSSR count). The molecule has 132 valence electrons. The number of hydrogen-bond acceptors (Lipinski definition) is 3. The third-order valence-electron chi connectivity index (χ3n) is 4.00. The molecule has 4 nitrogen and oxygen atoms in total. The van der Waals surface area contributed by atoms with Gasteiger partial charge in [0.1, 0.15) is 5.75 Å². The Morgan fingerprint density at radius 1 is 0.920 bits per heavy atom. The molecular weight excluding hydrogens is 333 g/mol. The molecule has 0 bridgehead atoms. The lowest BCUT2D eigenvalue weighted by molar-refractivity contribution is -0.274. The molecule has 7 heteroatoms. The normalized spacial score (nSPS) is 15.4. The molecule has 0 N–H and O–H groups in total. The minimum absolute atomic E-state index is 0.0503. The quantitative estimate of drug-likeness (QED) is 0.845. The van der Waals surface area contributed by atoms with Crippen LogP contribution in [0.3, 0.4) is 0 Å². The Balaban J connectivity index is 1.66. The summed E-state index contributed by atoms with van der Waals surface area (Å²) >= 11 is 0. The van der Waals surface area contributed by atoms with Crippen molar-refractivity contribution < 1.29 is 22.7 Å². The fraction of sp³-hybridized carbons (Fsp3) is 0.278. The van der Waals surface area contributed by atoms with Gasteiger partial charge in [0.05, 0.1) is 6.54 Å². The van der Waals surface area contributed by atoms with Crippen molar-refractivity contribution >= 4 is 17.3 Å². The first-order valence-corrected chi connectivity index (χ1v) is 7.80. The van der Waals surface area contributed by atoms with Crippen LogP contribution in [0, 0.1) is 6.92 Å². The lowest BCUT2D eigenvalue weighted by Gasteiger charge is -2.35. The van der Waals surface area contributed by atoms with Crippen LogP contribution in [0.4, 0.5) is 24.5 Å². The van der Waals surface area contributed by atoms with Gasteiger partial charge < -0.3 is 14.5 Å². The number of nitrogens with zero attached hydrogens (tertiary/aromatic N) is 2. The number of aryl methyl sites for hydroxylation is 1. The fourth-order valence-corrected chi connectivity index (χ4v) is 2.75. The lowest BCUT2D eigenvalue weighted by Crippen LogP contribution is -2.50. The summed E-state index contributed by atoms with van der Waals surface area (Å²) in [7, 11) is 0. The molecule has 1 amide bonds. The summed E-state index contributed by atoms with van der Waals surface area (Å²) in [4.78, 5) is 16.0. The van der Waals surface area contributed by atoms with Gasteiger partial charge in [0, 0.05) is 24.5 Å². The summed E-state index contributed by atoms with van der Waals surface area (Å²) in [5.74, 6) is -0.327. The van der Waals surface area contributed by atoms with Crippen LogP contribution in [0.1, 0.15) is 5.56 Å². The number of hydrogen-bond donors (Lipinski definition) is 0. The summed E-state index contributed by atoms with van der Waals surface area (Å²) < 4.78 is 40.4. The highest BCUT2D eigenvalue weighted by molar-refractivity contribution is 5.97. The van der Waals surface area contributed by atoms with Crippen molar-refractivity contribution in [2.45, 2.75) is 13.3 Å². The van der Waals surface area contributed by atoms with E-state index in [4.69, 9.17) is 0 Å². The van der Waals surface area contributed by atoms with Gasteiger partial charge in [-0.2, -0.15) is 0 Å². The van der Waals surface area contributed by atoms with Crippen molar-refractivity contribution in [3.05, 3.63) is 54.1 Å². The predicted octanol–water partition coefficient (Wildman–Crippen LogP) is 3.75. The van der Waals surface area contributed by atoms with Gasteiger partial charge in [-0.1, -0.05) is 17.7 Å². The van der Waals surface area contributed by atoms with E-state index in [2.05, 4.69) is 4.74 Å². The Morgan fingerprint density at radius 2 is 1.52 bits per heavy atom. The number of rotatable bonds is 3. The molecule has 25 heavy (non-hydrogen) atoms. The standard InChI is InChI=1S/C18H17F3N2O2/c1-13-2-4-15(5-3-13)23-11-10-22(12-17(23)24)14-6-8-16(9-7-14)25-18(19,20)21/h2-9H,10-12H2,1H3. The highest BCUT2D eigenvalue weighted by Crippen LogP contribution is 2.26. The SMILES string of the molecule is Cc1ccc(N2CCN(c3ccc(OC(F)(F)F)cc3)CC2=O)cc1. The number of carbonyl (C=O) groups is 1. The zero-order valence-corrected chi connectivity index (χ0v) is 13.6. The largest absolute Gasteiger partial charge is 0.573 e. The summed E-state index contributed by atoms with van der Waals surface area (Å²) in [6, 6.07) is 13.3. The summed E-state index contributed by atoms with van der Waals surface area (Å²) in [6.45, 7) is 3.27. The lowest BCUT2D eigenvalue weighted by atomic mass is 10.2.